The van der Waals surface area contributed by atoms with Crippen LogP contribution in [-0.4, -0.2) is 60.7 Å². The molecule has 0 aliphatic carbocycles. The van der Waals surface area contributed by atoms with Crippen LogP contribution in [-0.2, 0) is 14.8 Å². The van der Waals surface area contributed by atoms with E-state index in [-0.39, 0.29) is 11.2 Å². The van der Waals surface area contributed by atoms with Crippen molar-refractivity contribution in [2.75, 3.05) is 31.9 Å². The summed E-state index contributed by atoms with van der Waals surface area (Å²) in [6.45, 7) is 6.61. The topological polar surface area (TPSA) is 57.7 Å². The Labute approximate surface area is 201 Å². The number of piperidine rings is 1. The molecule has 0 saturated carbocycles. The van der Waals surface area contributed by atoms with Gasteiger partial charge in [0.25, 0.3) is 0 Å². The minimum atomic E-state index is -3.67. The van der Waals surface area contributed by atoms with Gasteiger partial charge in [0.2, 0.25) is 10.0 Å². The number of thioether (sulfide) groups is 1. The highest BCUT2D eigenvalue weighted by Gasteiger charge is 2.30. The van der Waals surface area contributed by atoms with E-state index in [1.165, 1.54) is 37.9 Å². The van der Waals surface area contributed by atoms with E-state index in [2.05, 4.69) is 4.90 Å². The van der Waals surface area contributed by atoms with Crippen molar-refractivity contribution in [1.29, 1.82) is 0 Å². The van der Waals surface area contributed by atoms with Crippen molar-refractivity contribution in [3.05, 3.63) is 54.6 Å². The van der Waals surface area contributed by atoms with Crippen molar-refractivity contribution in [2.24, 2.45) is 0 Å². The van der Waals surface area contributed by atoms with E-state index in [9.17, 15) is 13.2 Å². The smallest absolute Gasteiger partial charge is 0.243 e. The third-order valence-electron chi connectivity index (χ3n) is 5.51. The Morgan fingerprint density at radius 1 is 1.00 bits per heavy atom. The first-order valence-corrected chi connectivity index (χ1v) is 14.3. The lowest BCUT2D eigenvalue weighted by molar-refractivity contribution is -0.109. The second-order valence-corrected chi connectivity index (χ2v) is 12.3. The summed E-state index contributed by atoms with van der Waals surface area (Å²) in [6.07, 6.45) is 3.59. The summed E-state index contributed by atoms with van der Waals surface area (Å²) in [7, 11) is -3.67. The van der Waals surface area contributed by atoms with Crippen LogP contribution < -0.4 is 0 Å². The Kier molecular flexibility index (Phi) is 9.67. The van der Waals surface area contributed by atoms with E-state index in [1.807, 2.05) is 49.4 Å². The van der Waals surface area contributed by atoms with Gasteiger partial charge in [0.15, 0.2) is 5.12 Å². The maximum absolute atomic E-state index is 13.6. The van der Waals surface area contributed by atoms with Gasteiger partial charge >= 0.3 is 0 Å². The van der Waals surface area contributed by atoms with Crippen LogP contribution in [0.1, 0.15) is 33.1 Å². The van der Waals surface area contributed by atoms with Crippen molar-refractivity contribution in [3.8, 4) is 0 Å². The highest BCUT2D eigenvalue weighted by atomic mass is 32.2. The zero-order chi connectivity index (χ0) is 23.0. The molecule has 5 nitrogen and oxygen atoms in total. The van der Waals surface area contributed by atoms with Crippen molar-refractivity contribution < 1.29 is 13.2 Å². The maximum Gasteiger partial charge on any atom is 0.243 e. The first-order chi connectivity index (χ1) is 15.4. The predicted octanol–water partition coefficient (Wildman–Crippen LogP) is 4.98. The molecule has 1 fully saturated rings. The molecule has 1 saturated heterocycles. The summed E-state index contributed by atoms with van der Waals surface area (Å²) in [5, 5.41) is 0.00696. The monoisotopic (exact) mass is 492 g/mol. The van der Waals surface area contributed by atoms with Crippen LogP contribution in [0.25, 0.3) is 0 Å². The lowest BCUT2D eigenvalue weighted by atomic mass is 10.1. The molecule has 2 aromatic rings. The standard InChI is InChI=1S/C24H32N2O3S3/c1-20(19-30-21(2)27)26(18-17-25-15-7-4-8-16-25)32(28,29)24-13-11-23(12-14-24)31-22-9-5-3-6-10-22/h3,5-6,9-14,20H,4,7-8,15-19H2,1-2H3. The number of sulfonamides is 1. The average Bonchev–Trinajstić information content (AvgIpc) is 2.79. The fourth-order valence-electron chi connectivity index (χ4n) is 3.76. The molecule has 1 aliphatic rings. The van der Waals surface area contributed by atoms with Gasteiger partial charge in [-0.2, -0.15) is 4.31 Å². The molecule has 174 valence electrons. The van der Waals surface area contributed by atoms with E-state index in [1.54, 1.807) is 28.2 Å². The number of benzene rings is 2. The molecule has 0 spiro atoms. The molecule has 0 bridgehead atoms. The number of likely N-dealkylation sites (tertiary alicyclic amines) is 1. The summed E-state index contributed by atoms with van der Waals surface area (Å²) in [5.41, 5.74) is 0. The third-order valence-corrected chi connectivity index (χ3v) is 9.61. The molecular weight excluding hydrogens is 460 g/mol. The largest absolute Gasteiger partial charge is 0.302 e. The molecule has 2 aromatic carbocycles. The Bertz CT molecular complexity index is 960. The number of hydrogen-bond acceptors (Lipinski definition) is 6. The van der Waals surface area contributed by atoms with Crippen LogP contribution >= 0.6 is 23.5 Å². The molecule has 0 N–H and O–H groups in total. The van der Waals surface area contributed by atoms with Crippen LogP contribution in [0.3, 0.4) is 0 Å². The fourth-order valence-corrected chi connectivity index (χ4v) is 6.97. The molecule has 0 radical (unpaired) electrons. The van der Waals surface area contributed by atoms with Gasteiger partial charge < -0.3 is 4.90 Å². The second-order valence-electron chi connectivity index (χ2n) is 8.06. The highest BCUT2D eigenvalue weighted by Crippen LogP contribution is 2.29. The minimum Gasteiger partial charge on any atom is -0.302 e. The van der Waals surface area contributed by atoms with Crippen LogP contribution in [0.5, 0.6) is 0 Å². The van der Waals surface area contributed by atoms with E-state index < -0.39 is 10.0 Å². The van der Waals surface area contributed by atoms with Crippen molar-refractivity contribution >= 4 is 38.7 Å². The second kappa shape index (κ2) is 12.2. The van der Waals surface area contributed by atoms with Gasteiger partial charge in [0.05, 0.1) is 4.90 Å². The van der Waals surface area contributed by atoms with Crippen LogP contribution in [0.4, 0.5) is 0 Å². The predicted molar refractivity (Wildman–Crippen MR) is 134 cm³/mol. The average molecular weight is 493 g/mol. The zero-order valence-electron chi connectivity index (χ0n) is 18.8. The number of nitrogens with zero attached hydrogens (tertiary/aromatic N) is 2. The Morgan fingerprint density at radius 3 is 2.25 bits per heavy atom. The minimum absolute atomic E-state index is 0.00696. The summed E-state index contributed by atoms with van der Waals surface area (Å²) in [6, 6.07) is 16.9. The Morgan fingerprint density at radius 2 is 1.62 bits per heavy atom. The molecule has 32 heavy (non-hydrogen) atoms. The normalized spacial score (nSPS) is 16.2. The molecule has 0 amide bonds. The molecule has 8 heteroatoms. The third kappa shape index (κ3) is 7.35. The Balaban J connectivity index is 1.75. The lowest BCUT2D eigenvalue weighted by Gasteiger charge is -2.32. The van der Waals surface area contributed by atoms with Gasteiger partial charge in [-0.25, -0.2) is 8.42 Å². The van der Waals surface area contributed by atoms with Crippen molar-refractivity contribution in [1.82, 2.24) is 9.21 Å². The van der Waals surface area contributed by atoms with E-state index >= 15 is 0 Å². The van der Waals surface area contributed by atoms with Gasteiger partial charge in [-0.15, -0.1) is 0 Å². The van der Waals surface area contributed by atoms with Gasteiger partial charge in [-0.05, 0) is 69.3 Å². The van der Waals surface area contributed by atoms with Gasteiger partial charge in [0, 0.05) is 41.6 Å². The van der Waals surface area contributed by atoms with Crippen LogP contribution in [0, 0.1) is 0 Å². The van der Waals surface area contributed by atoms with E-state index in [0.717, 1.165) is 29.4 Å². The highest BCUT2D eigenvalue weighted by molar-refractivity contribution is 8.13. The molecule has 1 heterocycles. The summed E-state index contributed by atoms with van der Waals surface area (Å²) < 4.78 is 28.7. The fraction of sp³-hybridized carbons (Fsp3) is 0.458. The van der Waals surface area contributed by atoms with Crippen LogP contribution in [0.15, 0.2) is 69.3 Å². The first kappa shape index (κ1) is 25.3. The van der Waals surface area contributed by atoms with Crippen molar-refractivity contribution in [3.63, 3.8) is 0 Å². The zero-order valence-corrected chi connectivity index (χ0v) is 21.2. The van der Waals surface area contributed by atoms with Crippen LogP contribution in [0.2, 0.25) is 0 Å². The number of carbonyl (C=O) groups is 1. The van der Waals surface area contributed by atoms with E-state index in [0.29, 0.717) is 17.2 Å². The van der Waals surface area contributed by atoms with E-state index in [4.69, 9.17) is 0 Å². The summed E-state index contributed by atoms with van der Waals surface area (Å²) in [4.78, 5) is 16.2. The van der Waals surface area contributed by atoms with Gasteiger partial charge in [0.1, 0.15) is 0 Å². The summed E-state index contributed by atoms with van der Waals surface area (Å²) in [5.74, 6) is 0.455. The Hall–Kier alpha value is -1.32. The molecule has 1 atom stereocenters. The SMILES string of the molecule is CC(=O)SCC(C)N(CCN1CCCCC1)S(=O)(=O)c1ccc(Sc2ccccc2)cc1. The number of carbonyl (C=O) groups excluding carboxylic acids is 1. The maximum atomic E-state index is 13.6. The first-order valence-electron chi connectivity index (χ1n) is 11.1. The van der Waals surface area contributed by atoms with Gasteiger partial charge in [-0.1, -0.05) is 48.1 Å². The number of hydrogen-bond donors (Lipinski definition) is 0. The van der Waals surface area contributed by atoms with Crippen molar-refractivity contribution in [2.45, 2.75) is 53.8 Å². The number of rotatable bonds is 10. The molecular formula is C24H32N2O3S3. The molecule has 1 unspecified atom stereocenters. The quantitative estimate of drug-likeness (QED) is 0.466. The van der Waals surface area contributed by atoms with Gasteiger partial charge in [-0.3, -0.25) is 4.79 Å². The molecule has 0 aromatic heterocycles. The molecule has 1 aliphatic heterocycles. The summed E-state index contributed by atoms with van der Waals surface area (Å²) >= 11 is 2.79. The molecule has 3 rings (SSSR count). The lowest BCUT2D eigenvalue weighted by Crippen LogP contribution is -2.45.